The zero-order chi connectivity index (χ0) is 20.2. The molecule has 0 atom stereocenters. The second kappa shape index (κ2) is 14.5. The van der Waals surface area contributed by atoms with Crippen LogP contribution < -0.4 is 24.8 Å². The van der Waals surface area contributed by atoms with E-state index in [2.05, 4.69) is 15.6 Å². The fourth-order valence-electron chi connectivity index (χ4n) is 3.45. The zero-order valence-corrected chi connectivity index (χ0v) is 20.4. The molecule has 2 rings (SSSR count). The van der Waals surface area contributed by atoms with Crippen LogP contribution in [0.1, 0.15) is 44.1 Å². The maximum atomic E-state index is 6.02. The molecular weight excluding hydrogens is 485 g/mol. The van der Waals surface area contributed by atoms with Crippen molar-refractivity contribution >= 4 is 29.9 Å². The second-order valence-corrected chi connectivity index (χ2v) is 6.85. The summed E-state index contributed by atoms with van der Waals surface area (Å²) in [6.45, 7) is 1.91. The van der Waals surface area contributed by atoms with Crippen molar-refractivity contribution in [3.63, 3.8) is 0 Å². The Morgan fingerprint density at radius 2 is 1.59 bits per heavy atom. The Hall–Kier alpha value is -1.42. The maximum absolute atomic E-state index is 6.02. The summed E-state index contributed by atoms with van der Waals surface area (Å²) in [7, 11) is 6.64. The lowest BCUT2D eigenvalue weighted by molar-refractivity contribution is 0.0468. The van der Waals surface area contributed by atoms with Gasteiger partial charge in [0.1, 0.15) is 17.2 Å². The average Bonchev–Trinajstić information content (AvgIpc) is 3.01. The molecule has 1 aliphatic carbocycles. The number of nitrogens with one attached hydrogen (secondary N) is 2. The highest BCUT2D eigenvalue weighted by molar-refractivity contribution is 14.0. The third-order valence-electron chi connectivity index (χ3n) is 5.02. The molecule has 0 bridgehead atoms. The molecule has 0 amide bonds. The molecule has 166 valence electrons. The van der Waals surface area contributed by atoms with E-state index in [9.17, 15) is 0 Å². The number of guanidine groups is 1. The lowest BCUT2D eigenvalue weighted by atomic mass is 10.1. The van der Waals surface area contributed by atoms with Gasteiger partial charge in [0.2, 0.25) is 0 Å². The second-order valence-electron chi connectivity index (χ2n) is 6.85. The first-order chi connectivity index (χ1) is 13.7. The minimum absolute atomic E-state index is 0. The van der Waals surface area contributed by atoms with E-state index >= 15 is 0 Å². The van der Waals surface area contributed by atoms with Crippen LogP contribution in [0.5, 0.6) is 17.2 Å². The van der Waals surface area contributed by atoms with Crippen molar-refractivity contribution in [2.75, 3.05) is 41.5 Å². The molecule has 0 spiro atoms. The van der Waals surface area contributed by atoms with Gasteiger partial charge < -0.3 is 29.6 Å². The van der Waals surface area contributed by atoms with Crippen molar-refractivity contribution in [3.8, 4) is 17.2 Å². The molecule has 0 saturated heterocycles. The number of ether oxygens (including phenoxy) is 4. The fraction of sp³-hybridized carbons (Fsp3) is 0.667. The Kier molecular flexibility index (Phi) is 12.8. The van der Waals surface area contributed by atoms with Crippen molar-refractivity contribution in [1.82, 2.24) is 10.6 Å². The molecule has 1 saturated carbocycles. The van der Waals surface area contributed by atoms with Crippen LogP contribution >= 0.6 is 24.0 Å². The first-order valence-electron chi connectivity index (χ1n) is 10.1. The van der Waals surface area contributed by atoms with Gasteiger partial charge in [-0.05, 0) is 12.8 Å². The van der Waals surface area contributed by atoms with Crippen LogP contribution in [0.3, 0.4) is 0 Å². The smallest absolute Gasteiger partial charge is 0.191 e. The quantitative estimate of drug-likeness (QED) is 0.170. The summed E-state index contributed by atoms with van der Waals surface area (Å²) in [5.41, 5.74) is 0.906. The van der Waals surface area contributed by atoms with E-state index in [0.29, 0.717) is 49.0 Å². The van der Waals surface area contributed by atoms with Gasteiger partial charge in [0, 0.05) is 25.7 Å². The topological polar surface area (TPSA) is 73.3 Å². The van der Waals surface area contributed by atoms with Gasteiger partial charge in [0.05, 0.1) is 46.1 Å². The number of methoxy groups -OCH3 is 3. The highest BCUT2D eigenvalue weighted by Gasteiger charge is 2.14. The number of hydrogen-bond donors (Lipinski definition) is 2. The normalized spacial score (nSPS) is 15.1. The van der Waals surface area contributed by atoms with E-state index < -0.39 is 0 Å². The highest BCUT2D eigenvalue weighted by Crippen LogP contribution is 2.33. The van der Waals surface area contributed by atoms with E-state index in [1.54, 1.807) is 28.4 Å². The highest BCUT2D eigenvalue weighted by atomic mass is 127. The van der Waals surface area contributed by atoms with Gasteiger partial charge in [0.15, 0.2) is 5.96 Å². The van der Waals surface area contributed by atoms with Gasteiger partial charge >= 0.3 is 0 Å². The van der Waals surface area contributed by atoms with Crippen LogP contribution in [-0.4, -0.2) is 53.6 Å². The number of hydrogen-bond acceptors (Lipinski definition) is 5. The number of nitrogens with zero attached hydrogens (tertiary/aromatic N) is 1. The Bertz CT molecular complexity index is 595. The Morgan fingerprint density at radius 1 is 0.966 bits per heavy atom. The van der Waals surface area contributed by atoms with E-state index in [4.69, 9.17) is 18.9 Å². The predicted octanol–water partition coefficient (Wildman–Crippen LogP) is 3.73. The molecule has 0 heterocycles. The number of benzene rings is 1. The summed E-state index contributed by atoms with van der Waals surface area (Å²) in [5.74, 6) is 2.81. The van der Waals surface area contributed by atoms with Gasteiger partial charge in [-0.1, -0.05) is 25.7 Å². The number of halogens is 1. The van der Waals surface area contributed by atoms with Crippen LogP contribution in [0.2, 0.25) is 0 Å². The molecule has 0 aromatic heterocycles. The summed E-state index contributed by atoms with van der Waals surface area (Å²) in [6, 6.07) is 3.69. The van der Waals surface area contributed by atoms with Crippen molar-refractivity contribution in [1.29, 1.82) is 0 Å². The molecule has 0 unspecified atom stereocenters. The number of rotatable bonds is 9. The van der Waals surface area contributed by atoms with E-state index in [-0.39, 0.29) is 24.0 Å². The maximum Gasteiger partial charge on any atom is 0.191 e. The summed E-state index contributed by atoms with van der Waals surface area (Å²) in [4.78, 5) is 4.28. The Balaban J connectivity index is 0.00000420. The van der Waals surface area contributed by atoms with Crippen LogP contribution in [-0.2, 0) is 11.3 Å². The molecule has 0 radical (unpaired) electrons. The molecule has 1 aromatic carbocycles. The van der Waals surface area contributed by atoms with E-state index in [0.717, 1.165) is 5.56 Å². The third-order valence-corrected chi connectivity index (χ3v) is 5.02. The predicted molar refractivity (Wildman–Crippen MR) is 127 cm³/mol. The van der Waals surface area contributed by atoms with Crippen LogP contribution in [0.15, 0.2) is 17.1 Å². The van der Waals surface area contributed by atoms with Gasteiger partial charge in [-0.15, -0.1) is 24.0 Å². The first kappa shape index (κ1) is 25.6. The van der Waals surface area contributed by atoms with Crippen molar-refractivity contribution < 1.29 is 18.9 Å². The Labute approximate surface area is 191 Å². The molecular formula is C21H36IN3O4. The molecule has 1 fully saturated rings. The van der Waals surface area contributed by atoms with Gasteiger partial charge in [-0.3, -0.25) is 4.99 Å². The molecule has 1 aromatic rings. The fourth-order valence-corrected chi connectivity index (χ4v) is 3.45. The molecule has 29 heavy (non-hydrogen) atoms. The van der Waals surface area contributed by atoms with E-state index in [1.807, 2.05) is 12.1 Å². The van der Waals surface area contributed by atoms with Crippen molar-refractivity contribution in [2.45, 2.75) is 51.2 Å². The van der Waals surface area contributed by atoms with E-state index in [1.165, 1.54) is 38.5 Å². The van der Waals surface area contributed by atoms with Crippen LogP contribution in [0.25, 0.3) is 0 Å². The molecule has 7 nitrogen and oxygen atoms in total. The minimum atomic E-state index is 0. The standard InChI is InChI=1S/C21H35N3O4.HI/c1-22-21(23-11-12-28-16-9-7-5-6-8-10-16)24-15-18-19(26-3)13-17(25-2)14-20(18)27-4;/h13-14,16H,5-12,15H2,1-4H3,(H2,22,23,24);1H. The van der Waals surface area contributed by atoms with Crippen LogP contribution in [0.4, 0.5) is 0 Å². The lowest BCUT2D eigenvalue weighted by Crippen LogP contribution is -2.39. The van der Waals surface area contributed by atoms with Gasteiger partial charge in [-0.25, -0.2) is 0 Å². The Morgan fingerprint density at radius 3 is 2.10 bits per heavy atom. The first-order valence-corrected chi connectivity index (χ1v) is 10.1. The number of aliphatic imine (C=N–C) groups is 1. The van der Waals surface area contributed by atoms with Crippen molar-refractivity contribution in [3.05, 3.63) is 17.7 Å². The average molecular weight is 521 g/mol. The zero-order valence-electron chi connectivity index (χ0n) is 18.1. The summed E-state index contributed by atoms with van der Waals surface area (Å²) in [5, 5.41) is 6.60. The molecule has 8 heteroatoms. The summed E-state index contributed by atoms with van der Waals surface area (Å²) >= 11 is 0. The molecule has 2 N–H and O–H groups in total. The minimum Gasteiger partial charge on any atom is -0.496 e. The molecule has 0 aliphatic heterocycles. The van der Waals surface area contributed by atoms with Gasteiger partial charge in [0.25, 0.3) is 0 Å². The van der Waals surface area contributed by atoms with Gasteiger partial charge in [-0.2, -0.15) is 0 Å². The monoisotopic (exact) mass is 521 g/mol. The van der Waals surface area contributed by atoms with Crippen LogP contribution in [0, 0.1) is 0 Å². The SMILES string of the molecule is CN=C(NCCOC1CCCCCC1)NCc1c(OC)cc(OC)cc1OC.I. The largest absolute Gasteiger partial charge is 0.496 e. The van der Waals surface area contributed by atoms with Crippen molar-refractivity contribution in [2.24, 2.45) is 4.99 Å². The molecule has 1 aliphatic rings. The third kappa shape index (κ3) is 8.46. The lowest BCUT2D eigenvalue weighted by Gasteiger charge is -2.18. The summed E-state index contributed by atoms with van der Waals surface area (Å²) in [6.07, 6.45) is 8.03. The summed E-state index contributed by atoms with van der Waals surface area (Å²) < 4.78 is 22.3.